The SMILES string of the molecule is CN1CCN(C(=O)[C@@H]2C[C@H](N(C(=O)[C@@H]3CCCO3)c3ccc(F)cc3F)CN2C(=O)OC(C)(C)C)CC1. The van der Waals surface area contributed by atoms with E-state index in [-0.39, 0.29) is 24.6 Å². The van der Waals surface area contributed by atoms with Crippen molar-refractivity contribution in [3.63, 3.8) is 0 Å². The molecule has 0 unspecified atom stereocenters. The maximum Gasteiger partial charge on any atom is 0.411 e. The molecule has 1 aromatic carbocycles. The molecule has 1 aromatic rings. The zero-order valence-electron chi connectivity index (χ0n) is 21.9. The first kappa shape index (κ1) is 27.3. The summed E-state index contributed by atoms with van der Waals surface area (Å²) in [4.78, 5) is 46.9. The second kappa shape index (κ2) is 10.9. The van der Waals surface area contributed by atoms with Crippen LogP contribution in [0.1, 0.15) is 40.0 Å². The Kier molecular flexibility index (Phi) is 8.03. The number of halogens is 2. The molecule has 0 bridgehead atoms. The number of rotatable bonds is 4. The fraction of sp³-hybridized carbons (Fsp3) is 0.654. The molecule has 0 aliphatic carbocycles. The van der Waals surface area contributed by atoms with Crippen LogP contribution in [0.4, 0.5) is 19.3 Å². The van der Waals surface area contributed by atoms with Crippen molar-refractivity contribution in [2.45, 2.75) is 63.8 Å². The third-order valence-electron chi connectivity index (χ3n) is 6.98. The first-order valence-corrected chi connectivity index (χ1v) is 12.8. The van der Waals surface area contributed by atoms with Crippen molar-refractivity contribution in [1.82, 2.24) is 14.7 Å². The molecule has 3 saturated heterocycles. The van der Waals surface area contributed by atoms with Gasteiger partial charge in [-0.1, -0.05) is 0 Å². The van der Waals surface area contributed by atoms with Crippen molar-refractivity contribution in [3.05, 3.63) is 29.8 Å². The van der Waals surface area contributed by atoms with Gasteiger partial charge in [-0.15, -0.1) is 0 Å². The van der Waals surface area contributed by atoms with E-state index >= 15 is 4.39 Å². The minimum atomic E-state index is -0.899. The highest BCUT2D eigenvalue weighted by Crippen LogP contribution is 2.33. The van der Waals surface area contributed by atoms with Crippen LogP contribution >= 0.6 is 0 Å². The number of anilines is 1. The number of hydrogen-bond donors (Lipinski definition) is 0. The van der Waals surface area contributed by atoms with Gasteiger partial charge in [-0.25, -0.2) is 13.6 Å². The Balaban J connectivity index is 1.67. The summed E-state index contributed by atoms with van der Waals surface area (Å²) < 4.78 is 39.9. The van der Waals surface area contributed by atoms with Crippen molar-refractivity contribution in [2.75, 3.05) is 51.3 Å². The van der Waals surface area contributed by atoms with E-state index in [0.29, 0.717) is 45.6 Å². The van der Waals surface area contributed by atoms with Crippen LogP contribution in [-0.4, -0.2) is 103 Å². The molecule has 0 spiro atoms. The number of hydrogen-bond acceptors (Lipinski definition) is 6. The fourth-order valence-corrected chi connectivity index (χ4v) is 5.09. The monoisotopic (exact) mass is 522 g/mol. The van der Waals surface area contributed by atoms with Gasteiger partial charge in [0.2, 0.25) is 5.91 Å². The van der Waals surface area contributed by atoms with E-state index in [9.17, 15) is 18.8 Å². The second-order valence-corrected chi connectivity index (χ2v) is 11.0. The van der Waals surface area contributed by atoms with Crippen molar-refractivity contribution in [1.29, 1.82) is 0 Å². The zero-order chi connectivity index (χ0) is 26.9. The summed E-state index contributed by atoms with van der Waals surface area (Å²) in [6.07, 6.45) is -0.183. The topological polar surface area (TPSA) is 82.6 Å². The Labute approximate surface area is 216 Å². The van der Waals surface area contributed by atoms with Crippen LogP contribution in [-0.2, 0) is 19.1 Å². The smallest absolute Gasteiger partial charge is 0.411 e. The summed E-state index contributed by atoms with van der Waals surface area (Å²) in [5.41, 5.74) is -0.906. The highest BCUT2D eigenvalue weighted by molar-refractivity contribution is 5.98. The van der Waals surface area contributed by atoms with Gasteiger partial charge < -0.3 is 24.2 Å². The van der Waals surface area contributed by atoms with Gasteiger partial charge in [0.25, 0.3) is 5.91 Å². The molecule has 3 aliphatic rings. The third kappa shape index (κ3) is 6.20. The first-order valence-electron chi connectivity index (χ1n) is 12.8. The lowest BCUT2D eigenvalue weighted by Gasteiger charge is -2.36. The molecule has 4 rings (SSSR count). The molecule has 3 aliphatic heterocycles. The molecule has 37 heavy (non-hydrogen) atoms. The molecule has 11 heteroatoms. The standard InChI is InChI=1S/C26H36F2N4O5/c1-26(2,3)37-25(35)31-16-18(15-21(31)23(33)30-11-9-29(4)10-12-30)32(24(34)22-6-5-13-36-22)20-8-7-17(27)14-19(20)28/h7-8,14,18,21-22H,5-6,9-13,15-16H2,1-4H3/t18-,21-,22-/m0/s1. The van der Waals surface area contributed by atoms with E-state index in [1.54, 1.807) is 25.7 Å². The average molecular weight is 523 g/mol. The van der Waals surface area contributed by atoms with Gasteiger partial charge in [-0.05, 0) is 59.2 Å². The second-order valence-electron chi connectivity index (χ2n) is 11.0. The number of likely N-dealkylation sites (tertiary alicyclic amines) is 1. The fourth-order valence-electron chi connectivity index (χ4n) is 5.09. The number of ether oxygens (including phenoxy) is 2. The van der Waals surface area contributed by atoms with Crippen molar-refractivity contribution in [3.8, 4) is 0 Å². The lowest BCUT2D eigenvalue weighted by Crippen LogP contribution is -2.54. The van der Waals surface area contributed by atoms with E-state index in [4.69, 9.17) is 9.47 Å². The van der Waals surface area contributed by atoms with Gasteiger partial charge in [0.1, 0.15) is 29.4 Å². The first-order chi connectivity index (χ1) is 17.4. The molecular weight excluding hydrogens is 486 g/mol. The van der Waals surface area contributed by atoms with Crippen LogP contribution in [0.25, 0.3) is 0 Å². The van der Waals surface area contributed by atoms with Gasteiger partial charge in [0.05, 0.1) is 11.7 Å². The number of benzene rings is 1. The molecule has 204 valence electrons. The van der Waals surface area contributed by atoms with Crippen LogP contribution in [0.15, 0.2) is 18.2 Å². The van der Waals surface area contributed by atoms with Gasteiger partial charge in [0.15, 0.2) is 0 Å². The molecule has 0 saturated carbocycles. The molecule has 3 fully saturated rings. The molecule has 0 N–H and O–H groups in total. The Morgan fingerprint density at radius 3 is 2.41 bits per heavy atom. The maximum absolute atomic E-state index is 15.0. The predicted octanol–water partition coefficient (Wildman–Crippen LogP) is 2.63. The number of piperazine rings is 1. The summed E-state index contributed by atoms with van der Waals surface area (Å²) in [5.74, 6) is -2.37. The molecule has 0 aromatic heterocycles. The van der Waals surface area contributed by atoms with Gasteiger partial charge in [-0.2, -0.15) is 0 Å². The predicted molar refractivity (Wildman–Crippen MR) is 132 cm³/mol. The van der Waals surface area contributed by atoms with Crippen LogP contribution in [0.3, 0.4) is 0 Å². The number of likely N-dealkylation sites (N-methyl/N-ethyl adjacent to an activating group) is 1. The Hall–Kier alpha value is -2.79. The lowest BCUT2D eigenvalue weighted by atomic mass is 10.1. The Morgan fingerprint density at radius 1 is 1.11 bits per heavy atom. The third-order valence-corrected chi connectivity index (χ3v) is 6.98. The zero-order valence-corrected chi connectivity index (χ0v) is 21.9. The highest BCUT2D eigenvalue weighted by atomic mass is 19.1. The minimum Gasteiger partial charge on any atom is -0.444 e. The average Bonchev–Trinajstić information content (AvgIpc) is 3.50. The van der Waals surface area contributed by atoms with Crippen LogP contribution in [0, 0.1) is 11.6 Å². The Bertz CT molecular complexity index is 1020. The van der Waals surface area contributed by atoms with E-state index in [1.165, 1.54) is 15.9 Å². The summed E-state index contributed by atoms with van der Waals surface area (Å²) in [7, 11) is 1.98. The molecule has 3 heterocycles. The number of amides is 3. The lowest BCUT2D eigenvalue weighted by molar-refractivity contribution is -0.137. The quantitative estimate of drug-likeness (QED) is 0.605. The van der Waals surface area contributed by atoms with Gasteiger partial charge in [0, 0.05) is 45.4 Å². The number of carbonyl (C=O) groups excluding carboxylic acids is 3. The summed E-state index contributed by atoms with van der Waals surface area (Å²) in [5, 5.41) is 0. The number of carbonyl (C=O) groups is 3. The maximum atomic E-state index is 15.0. The Morgan fingerprint density at radius 2 is 1.81 bits per heavy atom. The van der Waals surface area contributed by atoms with Crippen molar-refractivity contribution < 1.29 is 32.6 Å². The molecule has 3 atom stereocenters. The molecule has 0 radical (unpaired) electrons. The van der Waals surface area contributed by atoms with E-state index in [2.05, 4.69) is 4.90 Å². The molecular formula is C26H36F2N4O5. The van der Waals surface area contributed by atoms with E-state index in [1.807, 2.05) is 7.05 Å². The molecule has 9 nitrogen and oxygen atoms in total. The van der Waals surface area contributed by atoms with Gasteiger partial charge >= 0.3 is 6.09 Å². The van der Waals surface area contributed by atoms with E-state index < -0.39 is 47.4 Å². The summed E-state index contributed by atoms with van der Waals surface area (Å²) in [6, 6.07) is 1.41. The van der Waals surface area contributed by atoms with Crippen LogP contribution in [0.5, 0.6) is 0 Å². The minimum absolute atomic E-state index is 0.0334. The molecule has 3 amide bonds. The van der Waals surface area contributed by atoms with Crippen molar-refractivity contribution >= 4 is 23.6 Å². The number of nitrogens with zero attached hydrogens (tertiary/aromatic N) is 4. The largest absolute Gasteiger partial charge is 0.444 e. The normalized spacial score (nSPS) is 24.9. The van der Waals surface area contributed by atoms with E-state index in [0.717, 1.165) is 12.1 Å². The van der Waals surface area contributed by atoms with Crippen molar-refractivity contribution in [2.24, 2.45) is 0 Å². The van der Waals surface area contributed by atoms with Gasteiger partial charge in [-0.3, -0.25) is 14.5 Å². The highest BCUT2D eigenvalue weighted by Gasteiger charge is 2.48. The van der Waals surface area contributed by atoms with Crippen LogP contribution < -0.4 is 4.90 Å². The van der Waals surface area contributed by atoms with Crippen LogP contribution in [0.2, 0.25) is 0 Å². The summed E-state index contributed by atoms with van der Waals surface area (Å²) in [6.45, 7) is 8.03. The summed E-state index contributed by atoms with van der Waals surface area (Å²) >= 11 is 0.